The SMILES string of the molecule is C=C(CC)CC(C[N+](C)(C)C)C(C)C. The summed E-state index contributed by atoms with van der Waals surface area (Å²) in [6.07, 6.45) is 2.32. The predicted octanol–water partition coefficient (Wildman–Crippen LogP) is 3.32. The Kier molecular flexibility index (Phi) is 5.43. The fourth-order valence-electron chi connectivity index (χ4n) is 1.73. The highest BCUT2D eigenvalue weighted by atomic mass is 15.3. The molecule has 1 heteroatoms. The molecule has 0 aliphatic carbocycles. The van der Waals surface area contributed by atoms with Crippen molar-refractivity contribution in [1.29, 1.82) is 0 Å². The third-order valence-corrected chi connectivity index (χ3v) is 2.78. The maximum Gasteiger partial charge on any atom is 0.0814 e. The molecular weight excluding hydrogens is 170 g/mol. The highest BCUT2D eigenvalue weighted by Crippen LogP contribution is 2.22. The lowest BCUT2D eigenvalue weighted by Gasteiger charge is -2.31. The van der Waals surface area contributed by atoms with Gasteiger partial charge in [0.25, 0.3) is 0 Å². The molecule has 84 valence electrons. The second-order valence-electron chi connectivity index (χ2n) is 5.78. The second kappa shape index (κ2) is 5.55. The predicted molar refractivity (Wildman–Crippen MR) is 65.3 cm³/mol. The van der Waals surface area contributed by atoms with E-state index in [1.165, 1.54) is 18.5 Å². The average molecular weight is 198 g/mol. The van der Waals surface area contributed by atoms with Gasteiger partial charge < -0.3 is 4.48 Å². The molecule has 0 spiro atoms. The molecule has 0 N–H and O–H groups in total. The summed E-state index contributed by atoms with van der Waals surface area (Å²) in [5, 5.41) is 0. The Bertz CT molecular complexity index is 174. The van der Waals surface area contributed by atoms with Crippen molar-refractivity contribution in [3.63, 3.8) is 0 Å². The van der Waals surface area contributed by atoms with E-state index in [0.29, 0.717) is 0 Å². The zero-order valence-electron chi connectivity index (χ0n) is 10.9. The van der Waals surface area contributed by atoms with E-state index in [0.717, 1.165) is 22.7 Å². The third kappa shape index (κ3) is 6.20. The Morgan fingerprint density at radius 3 is 2.00 bits per heavy atom. The number of quaternary nitrogens is 1. The van der Waals surface area contributed by atoms with Gasteiger partial charge in [-0.15, -0.1) is 0 Å². The van der Waals surface area contributed by atoms with Gasteiger partial charge in [-0.2, -0.15) is 0 Å². The maximum atomic E-state index is 4.12. The Morgan fingerprint density at radius 1 is 1.21 bits per heavy atom. The summed E-state index contributed by atoms with van der Waals surface area (Å²) >= 11 is 0. The van der Waals surface area contributed by atoms with Crippen LogP contribution < -0.4 is 0 Å². The van der Waals surface area contributed by atoms with Gasteiger partial charge in [-0.3, -0.25) is 0 Å². The van der Waals surface area contributed by atoms with Crippen molar-refractivity contribution in [1.82, 2.24) is 0 Å². The third-order valence-electron chi connectivity index (χ3n) is 2.78. The van der Waals surface area contributed by atoms with Gasteiger partial charge in [-0.25, -0.2) is 0 Å². The van der Waals surface area contributed by atoms with Crippen LogP contribution in [0.15, 0.2) is 12.2 Å². The molecule has 0 aromatic rings. The molecule has 0 rings (SSSR count). The number of rotatable bonds is 6. The first kappa shape index (κ1) is 13.7. The summed E-state index contributed by atoms with van der Waals surface area (Å²) < 4.78 is 1.06. The Labute approximate surface area is 90.4 Å². The van der Waals surface area contributed by atoms with E-state index in [1.807, 2.05) is 0 Å². The van der Waals surface area contributed by atoms with Crippen molar-refractivity contribution in [2.45, 2.75) is 33.6 Å². The van der Waals surface area contributed by atoms with Crippen LogP contribution in [0.25, 0.3) is 0 Å². The molecule has 0 aliphatic heterocycles. The first-order chi connectivity index (χ1) is 6.26. The molecule has 0 saturated heterocycles. The summed E-state index contributed by atoms with van der Waals surface area (Å²) in [4.78, 5) is 0. The van der Waals surface area contributed by atoms with Gasteiger partial charge in [0, 0.05) is 5.92 Å². The van der Waals surface area contributed by atoms with Gasteiger partial charge >= 0.3 is 0 Å². The normalized spacial score (nSPS) is 14.5. The second-order valence-corrected chi connectivity index (χ2v) is 5.78. The van der Waals surface area contributed by atoms with Crippen molar-refractivity contribution in [2.24, 2.45) is 11.8 Å². The number of nitrogens with zero attached hydrogens (tertiary/aromatic N) is 1. The first-order valence-corrected chi connectivity index (χ1v) is 5.73. The molecule has 0 aliphatic rings. The van der Waals surface area contributed by atoms with E-state index in [1.54, 1.807) is 0 Å². The zero-order valence-corrected chi connectivity index (χ0v) is 10.9. The van der Waals surface area contributed by atoms with Crippen LogP contribution in [0.4, 0.5) is 0 Å². The van der Waals surface area contributed by atoms with Crippen LogP contribution in [0.5, 0.6) is 0 Å². The fraction of sp³-hybridized carbons (Fsp3) is 0.846. The van der Waals surface area contributed by atoms with Crippen LogP contribution in [0.1, 0.15) is 33.6 Å². The van der Waals surface area contributed by atoms with Crippen molar-refractivity contribution >= 4 is 0 Å². The van der Waals surface area contributed by atoms with Gasteiger partial charge in [-0.05, 0) is 18.8 Å². The monoisotopic (exact) mass is 198 g/mol. The van der Waals surface area contributed by atoms with E-state index in [-0.39, 0.29) is 0 Å². The van der Waals surface area contributed by atoms with Crippen LogP contribution in [-0.4, -0.2) is 32.2 Å². The van der Waals surface area contributed by atoms with Crippen LogP contribution >= 0.6 is 0 Å². The number of allylic oxidation sites excluding steroid dienone is 1. The highest BCUT2D eigenvalue weighted by molar-refractivity contribution is 4.94. The van der Waals surface area contributed by atoms with Crippen molar-refractivity contribution in [3.8, 4) is 0 Å². The molecule has 1 atom stereocenters. The van der Waals surface area contributed by atoms with Gasteiger partial charge in [-0.1, -0.05) is 32.9 Å². The van der Waals surface area contributed by atoms with Crippen LogP contribution in [0, 0.1) is 11.8 Å². The summed E-state index contributed by atoms with van der Waals surface area (Å²) in [7, 11) is 6.80. The zero-order chi connectivity index (χ0) is 11.4. The first-order valence-electron chi connectivity index (χ1n) is 5.73. The van der Waals surface area contributed by atoms with Gasteiger partial charge in [0.1, 0.15) is 0 Å². The molecule has 0 fully saturated rings. The minimum atomic E-state index is 0.760. The van der Waals surface area contributed by atoms with E-state index >= 15 is 0 Å². The molecule has 14 heavy (non-hydrogen) atoms. The number of hydrogen-bond donors (Lipinski definition) is 0. The molecule has 0 bridgehead atoms. The van der Waals surface area contributed by atoms with E-state index in [2.05, 4.69) is 48.5 Å². The van der Waals surface area contributed by atoms with Crippen molar-refractivity contribution in [2.75, 3.05) is 27.7 Å². The maximum absolute atomic E-state index is 4.12. The van der Waals surface area contributed by atoms with E-state index in [4.69, 9.17) is 0 Å². The molecular formula is C13H28N+. The quantitative estimate of drug-likeness (QED) is 0.454. The molecule has 0 aromatic heterocycles. The molecule has 0 aromatic carbocycles. The van der Waals surface area contributed by atoms with E-state index < -0.39 is 0 Å². The Morgan fingerprint density at radius 2 is 1.71 bits per heavy atom. The summed E-state index contributed by atoms with van der Waals surface area (Å²) in [5.41, 5.74) is 1.40. The van der Waals surface area contributed by atoms with Crippen LogP contribution in [-0.2, 0) is 0 Å². The minimum Gasteiger partial charge on any atom is -0.331 e. The van der Waals surface area contributed by atoms with Crippen molar-refractivity contribution in [3.05, 3.63) is 12.2 Å². The topological polar surface area (TPSA) is 0 Å². The Balaban J connectivity index is 4.24. The smallest absolute Gasteiger partial charge is 0.0814 e. The molecule has 1 nitrogen and oxygen atoms in total. The average Bonchev–Trinajstić information content (AvgIpc) is 2.00. The van der Waals surface area contributed by atoms with Gasteiger partial charge in [0.2, 0.25) is 0 Å². The lowest BCUT2D eigenvalue weighted by molar-refractivity contribution is -0.874. The molecule has 0 radical (unpaired) electrons. The summed E-state index contributed by atoms with van der Waals surface area (Å²) in [6, 6.07) is 0. The molecule has 0 amide bonds. The van der Waals surface area contributed by atoms with Crippen LogP contribution in [0.3, 0.4) is 0 Å². The standard InChI is InChI=1S/C13H28N/c1-8-12(4)9-13(11(2)3)10-14(5,6)7/h11,13H,4,8-10H2,1-3,5-7H3/q+1. The largest absolute Gasteiger partial charge is 0.331 e. The number of hydrogen-bond acceptors (Lipinski definition) is 0. The van der Waals surface area contributed by atoms with Gasteiger partial charge in [0.05, 0.1) is 27.7 Å². The van der Waals surface area contributed by atoms with Gasteiger partial charge in [0.15, 0.2) is 0 Å². The molecule has 0 saturated carbocycles. The summed E-state index contributed by atoms with van der Waals surface area (Å²) in [5.74, 6) is 1.54. The van der Waals surface area contributed by atoms with E-state index in [9.17, 15) is 0 Å². The van der Waals surface area contributed by atoms with Crippen molar-refractivity contribution < 1.29 is 4.48 Å². The minimum absolute atomic E-state index is 0.760. The lowest BCUT2D eigenvalue weighted by Crippen LogP contribution is -2.40. The summed E-state index contributed by atoms with van der Waals surface area (Å²) in [6.45, 7) is 12.2. The lowest BCUT2D eigenvalue weighted by atomic mass is 9.88. The highest BCUT2D eigenvalue weighted by Gasteiger charge is 2.21. The molecule has 0 heterocycles. The van der Waals surface area contributed by atoms with Crippen LogP contribution in [0.2, 0.25) is 0 Å². The fourth-order valence-corrected chi connectivity index (χ4v) is 1.73. The molecule has 1 unspecified atom stereocenters. The Hall–Kier alpha value is -0.300.